The second-order valence-corrected chi connectivity index (χ2v) is 6.22. The third kappa shape index (κ3) is 2.77. The maximum atomic E-state index is 9.18. The summed E-state index contributed by atoms with van der Waals surface area (Å²) in [5, 5.41) is 15.3. The molecule has 0 radical (unpaired) electrons. The summed E-state index contributed by atoms with van der Waals surface area (Å²) in [4.78, 5) is 7.89. The molecular formula is C14H19N3O2S. The van der Waals surface area contributed by atoms with Gasteiger partial charge < -0.3 is 9.63 Å². The first-order valence-corrected chi connectivity index (χ1v) is 7.88. The van der Waals surface area contributed by atoms with E-state index in [1.807, 2.05) is 17.5 Å². The van der Waals surface area contributed by atoms with Gasteiger partial charge in [-0.1, -0.05) is 11.2 Å². The molecule has 0 spiro atoms. The Balaban J connectivity index is 1.67. The lowest BCUT2D eigenvalue weighted by molar-refractivity contribution is 0.0929. The zero-order chi connectivity index (χ0) is 13.9. The SMILES string of the molecule is CC(c1nc(-c2cccs2)no1)N1CCC(CO)CC1. The van der Waals surface area contributed by atoms with Crippen molar-refractivity contribution in [2.45, 2.75) is 25.8 Å². The fraction of sp³-hybridized carbons (Fsp3) is 0.571. The van der Waals surface area contributed by atoms with E-state index in [2.05, 4.69) is 22.0 Å². The fourth-order valence-corrected chi connectivity index (χ4v) is 3.24. The van der Waals surface area contributed by atoms with Crippen molar-refractivity contribution in [2.24, 2.45) is 5.92 Å². The van der Waals surface area contributed by atoms with E-state index in [9.17, 15) is 5.11 Å². The Morgan fingerprint density at radius 3 is 2.95 bits per heavy atom. The Morgan fingerprint density at radius 2 is 2.30 bits per heavy atom. The van der Waals surface area contributed by atoms with Gasteiger partial charge in [0.1, 0.15) is 0 Å². The van der Waals surface area contributed by atoms with Gasteiger partial charge in [0, 0.05) is 6.61 Å². The van der Waals surface area contributed by atoms with Gasteiger partial charge in [0.05, 0.1) is 10.9 Å². The summed E-state index contributed by atoms with van der Waals surface area (Å²) in [6.07, 6.45) is 2.07. The van der Waals surface area contributed by atoms with Gasteiger partial charge in [-0.15, -0.1) is 11.3 Å². The highest BCUT2D eigenvalue weighted by atomic mass is 32.1. The summed E-state index contributed by atoms with van der Waals surface area (Å²) in [5.41, 5.74) is 0. The lowest BCUT2D eigenvalue weighted by atomic mass is 9.97. The average molecular weight is 293 g/mol. The van der Waals surface area contributed by atoms with Crippen LogP contribution in [-0.4, -0.2) is 39.8 Å². The molecule has 1 N–H and O–H groups in total. The predicted molar refractivity (Wildman–Crippen MR) is 77.4 cm³/mol. The van der Waals surface area contributed by atoms with E-state index in [-0.39, 0.29) is 6.04 Å². The number of hydrogen-bond acceptors (Lipinski definition) is 6. The highest BCUT2D eigenvalue weighted by Gasteiger charge is 2.26. The van der Waals surface area contributed by atoms with Crippen LogP contribution in [0.3, 0.4) is 0 Å². The van der Waals surface area contributed by atoms with E-state index >= 15 is 0 Å². The second-order valence-electron chi connectivity index (χ2n) is 5.27. The molecule has 1 aliphatic rings. The number of rotatable bonds is 4. The van der Waals surface area contributed by atoms with Crippen LogP contribution in [0.1, 0.15) is 31.7 Å². The van der Waals surface area contributed by atoms with Gasteiger partial charge in [-0.05, 0) is 50.2 Å². The molecule has 2 aromatic rings. The summed E-state index contributed by atoms with van der Waals surface area (Å²) < 4.78 is 5.41. The lowest BCUT2D eigenvalue weighted by Gasteiger charge is -2.33. The topological polar surface area (TPSA) is 62.4 Å². The minimum atomic E-state index is 0.135. The Bertz CT molecular complexity index is 532. The second kappa shape index (κ2) is 6.03. The number of aliphatic hydroxyl groups is 1. The van der Waals surface area contributed by atoms with Crippen LogP contribution in [0, 0.1) is 5.92 Å². The van der Waals surface area contributed by atoms with Crippen LogP contribution in [0.25, 0.3) is 10.7 Å². The van der Waals surface area contributed by atoms with Crippen LogP contribution >= 0.6 is 11.3 Å². The molecular weight excluding hydrogens is 274 g/mol. The zero-order valence-electron chi connectivity index (χ0n) is 11.5. The lowest BCUT2D eigenvalue weighted by Crippen LogP contribution is -2.36. The van der Waals surface area contributed by atoms with Crippen LogP contribution in [0.4, 0.5) is 0 Å². The molecule has 3 rings (SSSR count). The van der Waals surface area contributed by atoms with Crippen molar-refractivity contribution in [1.82, 2.24) is 15.0 Å². The number of piperidine rings is 1. The molecule has 5 nitrogen and oxygen atoms in total. The molecule has 1 aliphatic heterocycles. The monoisotopic (exact) mass is 293 g/mol. The van der Waals surface area contributed by atoms with E-state index in [1.54, 1.807) is 11.3 Å². The highest BCUT2D eigenvalue weighted by molar-refractivity contribution is 7.13. The average Bonchev–Trinajstić information content (AvgIpc) is 3.17. The maximum Gasteiger partial charge on any atom is 0.244 e. The third-order valence-corrected chi connectivity index (χ3v) is 4.86. The van der Waals surface area contributed by atoms with Crippen LogP contribution < -0.4 is 0 Å². The normalized spacial score (nSPS) is 19.3. The van der Waals surface area contributed by atoms with Gasteiger partial charge in [0.15, 0.2) is 0 Å². The van der Waals surface area contributed by atoms with Gasteiger partial charge in [0.2, 0.25) is 11.7 Å². The van der Waals surface area contributed by atoms with Crippen LogP contribution in [0.2, 0.25) is 0 Å². The molecule has 0 aromatic carbocycles. The van der Waals surface area contributed by atoms with Crippen molar-refractivity contribution in [3.05, 3.63) is 23.4 Å². The van der Waals surface area contributed by atoms with Crippen molar-refractivity contribution in [3.63, 3.8) is 0 Å². The van der Waals surface area contributed by atoms with Gasteiger partial charge in [0.25, 0.3) is 0 Å². The van der Waals surface area contributed by atoms with Crippen molar-refractivity contribution in [3.8, 4) is 10.7 Å². The van der Waals surface area contributed by atoms with Gasteiger partial charge in [-0.2, -0.15) is 4.98 Å². The highest BCUT2D eigenvalue weighted by Crippen LogP contribution is 2.28. The molecule has 1 fully saturated rings. The molecule has 0 bridgehead atoms. The van der Waals surface area contributed by atoms with E-state index in [4.69, 9.17) is 4.52 Å². The Labute approximate surface area is 122 Å². The van der Waals surface area contributed by atoms with Gasteiger partial charge >= 0.3 is 0 Å². The quantitative estimate of drug-likeness (QED) is 0.938. The molecule has 1 unspecified atom stereocenters. The van der Waals surface area contributed by atoms with Crippen LogP contribution in [0.5, 0.6) is 0 Å². The first-order chi connectivity index (χ1) is 9.78. The zero-order valence-corrected chi connectivity index (χ0v) is 12.3. The van der Waals surface area contributed by atoms with E-state index in [0.717, 1.165) is 30.8 Å². The molecule has 0 amide bonds. The van der Waals surface area contributed by atoms with Crippen LogP contribution in [-0.2, 0) is 0 Å². The third-order valence-electron chi connectivity index (χ3n) is 4.00. The molecule has 6 heteroatoms. The Morgan fingerprint density at radius 1 is 1.50 bits per heavy atom. The summed E-state index contributed by atoms with van der Waals surface area (Å²) in [5.74, 6) is 1.80. The first kappa shape index (κ1) is 13.7. The van der Waals surface area contributed by atoms with E-state index < -0.39 is 0 Å². The largest absolute Gasteiger partial charge is 0.396 e. The van der Waals surface area contributed by atoms with Crippen molar-refractivity contribution >= 4 is 11.3 Å². The molecule has 3 heterocycles. The van der Waals surface area contributed by atoms with Gasteiger partial charge in [-0.25, -0.2) is 0 Å². The van der Waals surface area contributed by atoms with Gasteiger partial charge in [-0.3, -0.25) is 4.90 Å². The Kier molecular flexibility index (Phi) is 4.14. The number of thiophene rings is 1. The predicted octanol–water partition coefficient (Wildman–Crippen LogP) is 2.56. The fourth-order valence-electron chi connectivity index (χ4n) is 2.59. The number of aromatic nitrogens is 2. The molecule has 1 saturated heterocycles. The molecule has 1 atom stereocenters. The standard InChI is InChI=1S/C14H19N3O2S/c1-10(17-6-4-11(9-18)5-7-17)14-15-13(16-19-14)12-3-2-8-20-12/h2-3,8,10-11,18H,4-7,9H2,1H3. The van der Waals surface area contributed by atoms with Crippen LogP contribution in [0.15, 0.2) is 22.0 Å². The molecule has 20 heavy (non-hydrogen) atoms. The Hall–Kier alpha value is -1.24. The molecule has 0 saturated carbocycles. The maximum absolute atomic E-state index is 9.18. The van der Waals surface area contributed by atoms with Crippen molar-refractivity contribution in [2.75, 3.05) is 19.7 Å². The number of likely N-dealkylation sites (tertiary alicyclic amines) is 1. The number of hydrogen-bond donors (Lipinski definition) is 1. The first-order valence-electron chi connectivity index (χ1n) is 7.00. The summed E-state index contributed by atoms with van der Waals surface area (Å²) in [7, 11) is 0. The smallest absolute Gasteiger partial charge is 0.244 e. The summed E-state index contributed by atoms with van der Waals surface area (Å²) in [6.45, 7) is 4.35. The molecule has 0 aliphatic carbocycles. The number of nitrogens with zero attached hydrogens (tertiary/aromatic N) is 3. The van der Waals surface area contributed by atoms with E-state index in [0.29, 0.717) is 24.2 Å². The summed E-state index contributed by atoms with van der Waals surface area (Å²) in [6, 6.07) is 4.12. The van der Waals surface area contributed by atoms with E-state index in [1.165, 1.54) is 0 Å². The van der Waals surface area contributed by atoms with Crippen molar-refractivity contribution in [1.29, 1.82) is 0 Å². The molecule has 108 valence electrons. The molecule has 2 aromatic heterocycles. The minimum absolute atomic E-state index is 0.135. The minimum Gasteiger partial charge on any atom is -0.396 e. The van der Waals surface area contributed by atoms with Crippen molar-refractivity contribution < 1.29 is 9.63 Å². The number of aliphatic hydroxyl groups excluding tert-OH is 1. The summed E-state index contributed by atoms with van der Waals surface area (Å²) >= 11 is 1.61.